The molecule has 2 saturated carbocycles. The predicted octanol–water partition coefficient (Wildman–Crippen LogP) is 3.73. The Morgan fingerprint density at radius 2 is 1.94 bits per heavy atom. The van der Waals surface area contributed by atoms with Crippen molar-refractivity contribution in [2.45, 2.75) is 44.9 Å². The molecule has 2 aliphatic rings. The lowest BCUT2D eigenvalue weighted by Crippen LogP contribution is -2.43. The van der Waals surface area contributed by atoms with Gasteiger partial charge in [-0.05, 0) is 48.8 Å². The highest BCUT2D eigenvalue weighted by atomic mass is 35.5. The van der Waals surface area contributed by atoms with Crippen molar-refractivity contribution in [1.29, 1.82) is 0 Å². The molecule has 0 heterocycles. The van der Waals surface area contributed by atoms with Crippen LogP contribution in [0.15, 0.2) is 18.2 Å². The van der Waals surface area contributed by atoms with Crippen LogP contribution < -0.4 is 15.4 Å². The Bertz CT molecular complexity index is 676. The van der Waals surface area contributed by atoms with Gasteiger partial charge in [-0.1, -0.05) is 44.7 Å². The number of benzene rings is 1. The summed E-state index contributed by atoms with van der Waals surface area (Å²) in [5.41, 5.74) is 0.740. The van der Waals surface area contributed by atoms with Crippen LogP contribution in [0, 0.1) is 18.8 Å². The van der Waals surface area contributed by atoms with Crippen LogP contribution in [0.2, 0.25) is 5.02 Å². The lowest BCUT2D eigenvalue weighted by molar-refractivity contribution is 0.0681. The maximum atomic E-state index is 12.8. The van der Waals surface area contributed by atoms with Gasteiger partial charge in [-0.3, -0.25) is 4.79 Å². The maximum Gasteiger partial charge on any atom is 0.252 e. The minimum Gasteiger partial charge on any atom is -0.491 e. The van der Waals surface area contributed by atoms with Crippen LogP contribution in [0.4, 0.5) is 0 Å². The highest BCUT2D eigenvalue weighted by Crippen LogP contribution is 2.48. The number of aliphatic hydroxyl groups is 1. The molecule has 1 amide bonds. The van der Waals surface area contributed by atoms with Gasteiger partial charge in [0.1, 0.15) is 12.4 Å². The molecule has 7 heteroatoms. The minimum atomic E-state index is -0.126. The van der Waals surface area contributed by atoms with Crippen molar-refractivity contribution in [3.05, 3.63) is 36.2 Å². The Morgan fingerprint density at radius 3 is 2.68 bits per heavy atom. The molecule has 0 aliphatic heterocycles. The molecule has 6 nitrogen and oxygen atoms in total. The van der Waals surface area contributed by atoms with Crippen molar-refractivity contribution < 1.29 is 19.4 Å². The Kier molecular flexibility index (Phi) is 11.1. The van der Waals surface area contributed by atoms with E-state index in [0.29, 0.717) is 49.2 Å². The summed E-state index contributed by atoms with van der Waals surface area (Å²) in [7, 11) is 0. The van der Waals surface area contributed by atoms with E-state index >= 15 is 0 Å². The van der Waals surface area contributed by atoms with Gasteiger partial charge in [0, 0.05) is 19.6 Å². The third-order valence-corrected chi connectivity index (χ3v) is 6.70. The zero-order valence-electron chi connectivity index (χ0n) is 18.5. The second-order valence-electron chi connectivity index (χ2n) is 8.61. The number of carbonyl (C=O) groups is 1. The molecule has 2 bridgehead atoms. The van der Waals surface area contributed by atoms with Gasteiger partial charge >= 0.3 is 0 Å². The van der Waals surface area contributed by atoms with Crippen molar-refractivity contribution in [3.63, 3.8) is 0 Å². The lowest BCUT2D eigenvalue weighted by atomic mass is 9.62. The largest absolute Gasteiger partial charge is 0.491 e. The summed E-state index contributed by atoms with van der Waals surface area (Å²) in [5.74, 6) is 1.33. The van der Waals surface area contributed by atoms with E-state index in [2.05, 4.69) is 10.6 Å². The van der Waals surface area contributed by atoms with Crippen molar-refractivity contribution in [2.24, 2.45) is 11.3 Å². The molecular formula is C24H37ClN2O4. The average Bonchev–Trinajstić information content (AvgIpc) is 2.75. The molecule has 0 unspecified atom stereocenters. The van der Waals surface area contributed by atoms with Crippen molar-refractivity contribution in [2.75, 3.05) is 46.1 Å². The summed E-state index contributed by atoms with van der Waals surface area (Å²) in [6.07, 6.45) is 8.95. The summed E-state index contributed by atoms with van der Waals surface area (Å²) in [5, 5.41) is 15.3. The van der Waals surface area contributed by atoms with Crippen LogP contribution in [-0.4, -0.2) is 57.1 Å². The van der Waals surface area contributed by atoms with Crippen molar-refractivity contribution in [3.8, 4) is 5.75 Å². The summed E-state index contributed by atoms with van der Waals surface area (Å²) in [6, 6.07) is 5.19. The van der Waals surface area contributed by atoms with Crippen LogP contribution >= 0.6 is 11.6 Å². The molecule has 31 heavy (non-hydrogen) atoms. The molecule has 174 valence electrons. The summed E-state index contributed by atoms with van der Waals surface area (Å²) >= 11 is 6.29. The first-order valence-electron chi connectivity index (χ1n) is 11.2. The van der Waals surface area contributed by atoms with E-state index in [-0.39, 0.29) is 25.4 Å². The predicted molar refractivity (Wildman–Crippen MR) is 124 cm³/mol. The van der Waals surface area contributed by atoms with Crippen LogP contribution in [0.25, 0.3) is 0 Å². The molecule has 1 aromatic carbocycles. The molecule has 3 rings (SSSR count). The summed E-state index contributed by atoms with van der Waals surface area (Å²) in [4.78, 5) is 12.8. The highest BCUT2D eigenvalue weighted by Gasteiger charge is 2.39. The molecule has 0 aromatic heterocycles. The summed E-state index contributed by atoms with van der Waals surface area (Å²) < 4.78 is 11.2. The zero-order valence-corrected chi connectivity index (χ0v) is 19.2. The van der Waals surface area contributed by atoms with Crippen molar-refractivity contribution in [1.82, 2.24) is 10.6 Å². The van der Waals surface area contributed by atoms with Gasteiger partial charge in [-0.2, -0.15) is 0 Å². The molecule has 2 fully saturated rings. The van der Waals surface area contributed by atoms with E-state index < -0.39 is 0 Å². The van der Waals surface area contributed by atoms with Crippen LogP contribution in [-0.2, 0) is 4.74 Å². The SMILES string of the molecule is O=C(NCC12CCCC(CCC1)C2)c1cc(OCCOCCNCCO)ccc1Cl.[CH2]. The van der Waals surface area contributed by atoms with Crippen LogP contribution in [0.1, 0.15) is 55.3 Å². The first kappa shape index (κ1) is 25.9. The number of amides is 1. The number of fused-ring (bicyclic) bond motifs is 2. The normalized spacial score (nSPS) is 22.5. The van der Waals surface area contributed by atoms with Gasteiger partial charge in [-0.25, -0.2) is 0 Å². The molecule has 2 radical (unpaired) electrons. The van der Waals surface area contributed by atoms with Gasteiger partial charge < -0.3 is 25.2 Å². The number of ether oxygens (including phenoxy) is 2. The fourth-order valence-corrected chi connectivity index (χ4v) is 5.07. The maximum absolute atomic E-state index is 12.8. The fraction of sp³-hybridized carbons (Fsp3) is 0.667. The van der Waals surface area contributed by atoms with E-state index in [9.17, 15) is 4.79 Å². The van der Waals surface area contributed by atoms with E-state index in [1.807, 2.05) is 0 Å². The third kappa shape index (κ3) is 7.94. The molecule has 0 saturated heterocycles. The highest BCUT2D eigenvalue weighted by molar-refractivity contribution is 6.33. The van der Waals surface area contributed by atoms with E-state index in [1.165, 1.54) is 44.9 Å². The van der Waals surface area contributed by atoms with Gasteiger partial charge in [-0.15, -0.1) is 0 Å². The number of carbonyl (C=O) groups excluding carboxylic acids is 1. The second-order valence-corrected chi connectivity index (χ2v) is 9.02. The monoisotopic (exact) mass is 452 g/mol. The standard InChI is InChI=1S/C23H35ClN2O4.CH2/c24-21-6-5-19(30-14-13-29-12-10-25-9-11-27)15-20(21)22(28)26-17-23-7-1-3-18(16-23)4-2-8-23;/h5-6,15,18,25,27H,1-4,7-14,16-17H2,(H,26,28);1H2. The van der Waals surface area contributed by atoms with Gasteiger partial charge in [0.25, 0.3) is 5.91 Å². The lowest BCUT2D eigenvalue weighted by Gasteiger charge is -2.45. The Morgan fingerprint density at radius 1 is 1.16 bits per heavy atom. The molecule has 0 spiro atoms. The third-order valence-electron chi connectivity index (χ3n) is 6.38. The molecule has 0 atom stereocenters. The van der Waals surface area contributed by atoms with Gasteiger partial charge in [0.2, 0.25) is 0 Å². The minimum absolute atomic E-state index is 0. The van der Waals surface area contributed by atoms with Gasteiger partial charge in [0.15, 0.2) is 0 Å². The van der Waals surface area contributed by atoms with E-state index in [4.69, 9.17) is 26.2 Å². The Hall–Kier alpha value is -1.34. The zero-order chi connectivity index (χ0) is 21.2. The molecular weight excluding hydrogens is 416 g/mol. The molecule has 1 aromatic rings. The van der Waals surface area contributed by atoms with E-state index in [0.717, 1.165) is 12.5 Å². The number of aliphatic hydroxyl groups excluding tert-OH is 1. The first-order valence-corrected chi connectivity index (χ1v) is 11.6. The van der Waals surface area contributed by atoms with E-state index in [1.54, 1.807) is 18.2 Å². The van der Waals surface area contributed by atoms with Gasteiger partial charge in [0.05, 0.1) is 30.4 Å². The topological polar surface area (TPSA) is 79.8 Å². The first-order chi connectivity index (χ1) is 14.6. The molecule has 2 aliphatic carbocycles. The van der Waals surface area contributed by atoms with Crippen LogP contribution in [0.5, 0.6) is 5.75 Å². The number of halogens is 1. The number of nitrogens with one attached hydrogen (secondary N) is 2. The molecule has 3 N–H and O–H groups in total. The smallest absolute Gasteiger partial charge is 0.252 e. The summed E-state index contributed by atoms with van der Waals surface area (Å²) in [6.45, 7) is 3.52. The fourth-order valence-electron chi connectivity index (χ4n) is 4.87. The Balaban J connectivity index is 0.00000341. The van der Waals surface area contributed by atoms with Crippen LogP contribution in [0.3, 0.4) is 0 Å². The Labute approximate surface area is 192 Å². The number of hydrogen-bond acceptors (Lipinski definition) is 5. The van der Waals surface area contributed by atoms with Crippen molar-refractivity contribution >= 4 is 17.5 Å². The number of hydrogen-bond donors (Lipinski definition) is 3. The average molecular weight is 453 g/mol. The number of rotatable bonds is 12. The quantitative estimate of drug-likeness (QED) is 0.421. The second kappa shape index (κ2) is 13.3.